The smallest absolute Gasteiger partial charge is 0.238 e. The number of aromatic nitrogens is 1. The fraction of sp³-hybridized carbons (Fsp3) is 0.444. The van der Waals surface area contributed by atoms with Crippen molar-refractivity contribution in [3.63, 3.8) is 0 Å². The normalized spacial score (nSPS) is 12.1. The van der Waals surface area contributed by atoms with Crippen LogP contribution in [0.25, 0.3) is 11.3 Å². The summed E-state index contributed by atoms with van der Waals surface area (Å²) in [6.45, 7) is 2.46. The Kier molecular flexibility index (Phi) is 6.35. The van der Waals surface area contributed by atoms with Gasteiger partial charge in [-0.15, -0.1) is 0 Å². The van der Waals surface area contributed by atoms with Crippen molar-refractivity contribution in [2.45, 2.75) is 38.6 Å². The second kappa shape index (κ2) is 8.48. The van der Waals surface area contributed by atoms with Gasteiger partial charge in [0.25, 0.3) is 0 Å². The van der Waals surface area contributed by atoms with Gasteiger partial charge in [-0.1, -0.05) is 41.9 Å². The Morgan fingerprint density at radius 1 is 1.26 bits per heavy atom. The second-order valence-corrected chi connectivity index (χ2v) is 5.90. The monoisotopic (exact) mass is 315 g/mol. The highest BCUT2D eigenvalue weighted by Gasteiger charge is 2.12. The first-order valence-corrected chi connectivity index (χ1v) is 8.09. The van der Waals surface area contributed by atoms with E-state index in [9.17, 15) is 4.79 Å². The summed E-state index contributed by atoms with van der Waals surface area (Å²) in [6.07, 6.45) is 3.89. The maximum Gasteiger partial charge on any atom is 0.238 e. The zero-order valence-corrected chi connectivity index (χ0v) is 13.9. The van der Waals surface area contributed by atoms with Gasteiger partial charge >= 0.3 is 0 Å². The molecule has 0 saturated carbocycles. The molecule has 0 fully saturated rings. The standard InChI is InChI=1S/C18H25N3O2/c1-14(19)18(22)21(2)12-8-4-7-11-16-13-17(20-23-16)15-9-5-3-6-10-15/h3,5-6,9-10,13-14H,4,7-8,11-12,19H2,1-2H3/t14-/m0/s1. The van der Waals surface area contributed by atoms with Crippen LogP contribution < -0.4 is 5.73 Å². The molecular formula is C18H25N3O2. The molecule has 2 N–H and O–H groups in total. The largest absolute Gasteiger partial charge is 0.361 e. The number of benzene rings is 1. The summed E-state index contributed by atoms with van der Waals surface area (Å²) in [6, 6.07) is 11.6. The van der Waals surface area contributed by atoms with E-state index in [0.29, 0.717) is 0 Å². The molecule has 5 nitrogen and oxygen atoms in total. The Balaban J connectivity index is 1.69. The molecule has 23 heavy (non-hydrogen) atoms. The van der Waals surface area contributed by atoms with E-state index in [1.807, 2.05) is 36.4 Å². The van der Waals surface area contributed by atoms with Gasteiger partial charge in [-0.3, -0.25) is 4.79 Å². The van der Waals surface area contributed by atoms with Crippen LogP contribution in [0.3, 0.4) is 0 Å². The van der Waals surface area contributed by atoms with Crippen LogP contribution in [0.15, 0.2) is 40.9 Å². The van der Waals surface area contributed by atoms with Crippen molar-refractivity contribution >= 4 is 5.91 Å². The lowest BCUT2D eigenvalue weighted by Gasteiger charge is -2.18. The number of hydrogen-bond donors (Lipinski definition) is 1. The van der Waals surface area contributed by atoms with Crippen LogP contribution in [-0.4, -0.2) is 35.6 Å². The number of hydrogen-bond acceptors (Lipinski definition) is 4. The molecule has 0 bridgehead atoms. The first-order valence-electron chi connectivity index (χ1n) is 8.09. The SMILES string of the molecule is C[C@H](N)C(=O)N(C)CCCCCc1cc(-c2ccccc2)no1. The third-order valence-corrected chi connectivity index (χ3v) is 3.81. The molecule has 1 heterocycles. The molecule has 0 aliphatic rings. The zero-order valence-electron chi connectivity index (χ0n) is 13.9. The summed E-state index contributed by atoms with van der Waals surface area (Å²) in [5, 5.41) is 4.11. The summed E-state index contributed by atoms with van der Waals surface area (Å²) in [4.78, 5) is 13.3. The molecule has 1 aromatic heterocycles. The van der Waals surface area contributed by atoms with Crippen molar-refractivity contribution in [2.24, 2.45) is 5.73 Å². The van der Waals surface area contributed by atoms with Gasteiger partial charge in [0.1, 0.15) is 11.5 Å². The predicted octanol–water partition coefficient (Wildman–Crippen LogP) is 2.86. The van der Waals surface area contributed by atoms with Crippen LogP contribution in [0.4, 0.5) is 0 Å². The summed E-state index contributed by atoms with van der Waals surface area (Å²) in [5.74, 6) is 0.900. The minimum absolute atomic E-state index is 0.00672. The van der Waals surface area contributed by atoms with Crippen LogP contribution in [0, 0.1) is 0 Å². The Morgan fingerprint density at radius 2 is 2.00 bits per heavy atom. The van der Waals surface area contributed by atoms with Crippen molar-refractivity contribution in [1.29, 1.82) is 0 Å². The number of amides is 1. The number of carbonyl (C=O) groups is 1. The Labute approximate surface area is 137 Å². The Bertz CT molecular complexity index is 608. The number of nitrogens with zero attached hydrogens (tertiary/aromatic N) is 2. The van der Waals surface area contributed by atoms with Crippen molar-refractivity contribution in [3.8, 4) is 11.3 Å². The van der Waals surface area contributed by atoms with E-state index in [1.165, 1.54) is 0 Å². The molecule has 2 rings (SSSR count). The molecule has 0 spiro atoms. The summed E-state index contributed by atoms with van der Waals surface area (Å²) < 4.78 is 5.39. The van der Waals surface area contributed by atoms with Gasteiger partial charge < -0.3 is 15.2 Å². The molecule has 0 radical (unpaired) electrons. The highest BCUT2D eigenvalue weighted by atomic mass is 16.5. The second-order valence-electron chi connectivity index (χ2n) is 5.90. The maximum atomic E-state index is 11.6. The molecule has 0 saturated heterocycles. The van der Waals surface area contributed by atoms with Crippen molar-refractivity contribution < 1.29 is 9.32 Å². The van der Waals surface area contributed by atoms with E-state index < -0.39 is 6.04 Å². The number of carbonyl (C=O) groups excluding carboxylic acids is 1. The van der Waals surface area contributed by atoms with E-state index >= 15 is 0 Å². The Morgan fingerprint density at radius 3 is 2.70 bits per heavy atom. The molecule has 5 heteroatoms. The molecule has 0 unspecified atom stereocenters. The van der Waals surface area contributed by atoms with Crippen LogP contribution in [0.1, 0.15) is 31.9 Å². The zero-order chi connectivity index (χ0) is 16.7. The highest BCUT2D eigenvalue weighted by Crippen LogP contribution is 2.19. The first kappa shape index (κ1) is 17.2. The van der Waals surface area contributed by atoms with Gasteiger partial charge in [0.2, 0.25) is 5.91 Å². The lowest BCUT2D eigenvalue weighted by atomic mass is 10.1. The van der Waals surface area contributed by atoms with Gasteiger partial charge in [-0.2, -0.15) is 0 Å². The maximum absolute atomic E-state index is 11.6. The number of nitrogens with two attached hydrogens (primary N) is 1. The van der Waals surface area contributed by atoms with E-state index in [0.717, 1.165) is 49.2 Å². The fourth-order valence-corrected chi connectivity index (χ4v) is 2.46. The molecular weight excluding hydrogens is 290 g/mol. The topological polar surface area (TPSA) is 72.4 Å². The van der Waals surface area contributed by atoms with Gasteiger partial charge in [0, 0.05) is 31.6 Å². The number of aryl methyl sites for hydroxylation is 1. The molecule has 2 aromatic rings. The lowest BCUT2D eigenvalue weighted by molar-refractivity contribution is -0.130. The molecule has 124 valence electrons. The van der Waals surface area contributed by atoms with E-state index in [-0.39, 0.29) is 5.91 Å². The molecule has 0 aliphatic heterocycles. The van der Waals surface area contributed by atoms with Crippen molar-refractivity contribution in [2.75, 3.05) is 13.6 Å². The molecule has 1 atom stereocenters. The fourth-order valence-electron chi connectivity index (χ4n) is 2.46. The van der Waals surface area contributed by atoms with E-state index in [2.05, 4.69) is 5.16 Å². The lowest BCUT2D eigenvalue weighted by Crippen LogP contribution is -2.40. The molecule has 0 aliphatic carbocycles. The average Bonchev–Trinajstić information content (AvgIpc) is 3.03. The van der Waals surface area contributed by atoms with E-state index in [1.54, 1.807) is 18.9 Å². The third-order valence-electron chi connectivity index (χ3n) is 3.81. The van der Waals surface area contributed by atoms with Crippen molar-refractivity contribution in [1.82, 2.24) is 10.1 Å². The summed E-state index contributed by atoms with van der Waals surface area (Å²) >= 11 is 0. The summed E-state index contributed by atoms with van der Waals surface area (Å²) in [7, 11) is 1.80. The number of likely N-dealkylation sites (N-methyl/N-ethyl adjacent to an activating group) is 1. The third kappa shape index (κ3) is 5.21. The van der Waals surface area contributed by atoms with Gasteiger partial charge in [0.15, 0.2) is 0 Å². The minimum atomic E-state index is -0.425. The highest BCUT2D eigenvalue weighted by molar-refractivity contribution is 5.80. The Hall–Kier alpha value is -2.14. The van der Waals surface area contributed by atoms with E-state index in [4.69, 9.17) is 10.3 Å². The summed E-state index contributed by atoms with van der Waals surface area (Å²) in [5.41, 5.74) is 7.53. The first-order chi connectivity index (χ1) is 11.1. The van der Waals surface area contributed by atoms with Gasteiger partial charge in [-0.05, 0) is 19.8 Å². The van der Waals surface area contributed by atoms with Crippen LogP contribution in [0.2, 0.25) is 0 Å². The quantitative estimate of drug-likeness (QED) is 0.760. The number of rotatable bonds is 8. The van der Waals surface area contributed by atoms with Crippen LogP contribution in [-0.2, 0) is 11.2 Å². The van der Waals surface area contributed by atoms with Crippen LogP contribution >= 0.6 is 0 Å². The number of unbranched alkanes of at least 4 members (excludes halogenated alkanes) is 2. The molecule has 1 aromatic carbocycles. The van der Waals surface area contributed by atoms with Gasteiger partial charge in [-0.25, -0.2) is 0 Å². The van der Waals surface area contributed by atoms with Gasteiger partial charge in [0.05, 0.1) is 6.04 Å². The molecule has 1 amide bonds. The average molecular weight is 315 g/mol. The minimum Gasteiger partial charge on any atom is -0.361 e. The van der Waals surface area contributed by atoms with Crippen molar-refractivity contribution in [3.05, 3.63) is 42.2 Å². The predicted molar refractivity (Wildman–Crippen MR) is 90.8 cm³/mol. The van der Waals surface area contributed by atoms with Crippen LogP contribution in [0.5, 0.6) is 0 Å².